The second-order valence-corrected chi connectivity index (χ2v) is 7.01. The minimum atomic E-state index is -0.705. The summed E-state index contributed by atoms with van der Waals surface area (Å²) in [4.78, 5) is 18.7. The molecule has 1 N–H and O–H groups in total. The van der Waals surface area contributed by atoms with Gasteiger partial charge in [0.2, 0.25) is 0 Å². The minimum absolute atomic E-state index is 0.137. The van der Waals surface area contributed by atoms with Crippen LogP contribution in [0.15, 0.2) is 48.5 Å². The molecule has 2 amide bonds. The Morgan fingerprint density at radius 3 is 2.19 bits per heavy atom. The number of hydrogen-bond donors (Lipinski definition) is 1. The van der Waals surface area contributed by atoms with Gasteiger partial charge in [0.05, 0.1) is 0 Å². The molecule has 5 nitrogen and oxygen atoms in total. The predicted molar refractivity (Wildman–Crippen MR) is 101 cm³/mol. The first-order chi connectivity index (χ1) is 13.1. The molecule has 0 saturated carbocycles. The lowest BCUT2D eigenvalue weighted by Crippen LogP contribution is -2.64. The average Bonchev–Trinajstić information content (AvgIpc) is 2.61. The van der Waals surface area contributed by atoms with Crippen molar-refractivity contribution in [3.8, 4) is 0 Å². The van der Waals surface area contributed by atoms with Crippen molar-refractivity contribution in [1.29, 1.82) is 0 Å². The van der Waals surface area contributed by atoms with Gasteiger partial charge in [-0.25, -0.2) is 13.6 Å². The summed E-state index contributed by atoms with van der Waals surface area (Å²) in [5.74, 6) is -1.41. The third kappa shape index (κ3) is 4.03. The molecule has 142 valence electrons. The number of anilines is 2. The molecular weight excluding hydrogens is 350 g/mol. The number of carbonyl (C=O) groups is 1. The number of halogens is 2. The summed E-state index contributed by atoms with van der Waals surface area (Å²) in [6.45, 7) is 5.13. The van der Waals surface area contributed by atoms with Crippen LogP contribution < -0.4 is 10.2 Å². The van der Waals surface area contributed by atoms with E-state index >= 15 is 0 Å². The highest BCUT2D eigenvalue weighted by Crippen LogP contribution is 2.21. The summed E-state index contributed by atoms with van der Waals surface area (Å²) in [5, 5.41) is 2.56. The Bertz CT molecular complexity index is 783. The molecule has 0 spiro atoms. The van der Waals surface area contributed by atoms with Crippen LogP contribution in [0.3, 0.4) is 0 Å². The Hall–Kier alpha value is -2.67. The van der Waals surface area contributed by atoms with Gasteiger partial charge in [-0.1, -0.05) is 18.2 Å². The van der Waals surface area contributed by atoms with Crippen molar-refractivity contribution in [1.82, 2.24) is 9.80 Å². The first-order valence-electron chi connectivity index (χ1n) is 9.14. The Balaban J connectivity index is 1.24. The van der Waals surface area contributed by atoms with Gasteiger partial charge in [-0.15, -0.1) is 0 Å². The highest BCUT2D eigenvalue weighted by Gasteiger charge is 2.36. The van der Waals surface area contributed by atoms with Crippen LogP contribution in [-0.4, -0.2) is 61.1 Å². The highest BCUT2D eigenvalue weighted by atomic mass is 19.1. The Labute approximate surface area is 157 Å². The first kappa shape index (κ1) is 17.7. The average molecular weight is 372 g/mol. The van der Waals surface area contributed by atoms with Crippen LogP contribution in [0.5, 0.6) is 0 Å². The molecule has 0 unspecified atom stereocenters. The molecule has 2 saturated heterocycles. The van der Waals surface area contributed by atoms with Crippen molar-refractivity contribution in [2.45, 2.75) is 6.04 Å². The monoisotopic (exact) mass is 372 g/mol. The smallest absolute Gasteiger partial charge is 0.321 e. The summed E-state index contributed by atoms with van der Waals surface area (Å²) >= 11 is 0. The number of benzene rings is 2. The summed E-state index contributed by atoms with van der Waals surface area (Å²) in [5.41, 5.74) is 1.38. The molecular formula is C20H22F2N4O. The Morgan fingerprint density at radius 1 is 0.926 bits per heavy atom. The summed E-state index contributed by atoms with van der Waals surface area (Å²) in [6.07, 6.45) is 0. The maximum atomic E-state index is 13.2. The van der Waals surface area contributed by atoms with Gasteiger partial charge in [0.15, 0.2) is 0 Å². The zero-order chi connectivity index (χ0) is 18.8. The maximum absolute atomic E-state index is 13.2. The lowest BCUT2D eigenvalue weighted by atomic mass is 10.1. The fourth-order valence-corrected chi connectivity index (χ4v) is 3.66. The second-order valence-electron chi connectivity index (χ2n) is 7.01. The van der Waals surface area contributed by atoms with Gasteiger partial charge in [-0.05, 0) is 24.3 Å². The number of amides is 2. The van der Waals surface area contributed by atoms with E-state index in [-0.39, 0.29) is 11.7 Å². The van der Waals surface area contributed by atoms with Crippen LogP contribution in [0.25, 0.3) is 0 Å². The van der Waals surface area contributed by atoms with E-state index in [2.05, 4.69) is 39.4 Å². The highest BCUT2D eigenvalue weighted by molar-refractivity contribution is 5.89. The van der Waals surface area contributed by atoms with Crippen LogP contribution in [0.1, 0.15) is 0 Å². The van der Waals surface area contributed by atoms with E-state index in [0.29, 0.717) is 19.1 Å². The van der Waals surface area contributed by atoms with Crippen molar-refractivity contribution in [3.05, 3.63) is 60.2 Å². The maximum Gasteiger partial charge on any atom is 0.321 e. The van der Waals surface area contributed by atoms with Crippen LogP contribution in [0, 0.1) is 11.6 Å². The minimum Gasteiger partial charge on any atom is -0.369 e. The number of nitrogens with zero attached hydrogens (tertiary/aromatic N) is 3. The van der Waals surface area contributed by atoms with Crippen LogP contribution in [-0.2, 0) is 0 Å². The molecule has 0 radical (unpaired) electrons. The van der Waals surface area contributed by atoms with E-state index in [1.165, 1.54) is 5.69 Å². The zero-order valence-electron chi connectivity index (χ0n) is 14.9. The van der Waals surface area contributed by atoms with Crippen molar-refractivity contribution in [2.75, 3.05) is 49.5 Å². The van der Waals surface area contributed by atoms with Crippen molar-refractivity contribution >= 4 is 17.4 Å². The number of piperazine rings is 1. The number of likely N-dealkylation sites (tertiary alicyclic amines) is 1. The topological polar surface area (TPSA) is 38.8 Å². The molecule has 0 atom stereocenters. The van der Waals surface area contributed by atoms with Gasteiger partial charge in [0.1, 0.15) is 11.6 Å². The summed E-state index contributed by atoms with van der Waals surface area (Å²) < 4.78 is 26.4. The molecule has 2 aliphatic rings. The lowest BCUT2D eigenvalue weighted by Gasteiger charge is -2.48. The van der Waals surface area contributed by atoms with E-state index in [4.69, 9.17) is 0 Å². The molecule has 2 fully saturated rings. The largest absolute Gasteiger partial charge is 0.369 e. The van der Waals surface area contributed by atoms with Crippen LogP contribution >= 0.6 is 0 Å². The SMILES string of the molecule is O=C(Nc1cc(F)cc(F)c1)N1CC(N2CCN(c3ccccc3)CC2)C1. The van der Waals surface area contributed by atoms with Crippen molar-refractivity contribution in [2.24, 2.45) is 0 Å². The molecule has 2 aliphatic heterocycles. The molecule has 27 heavy (non-hydrogen) atoms. The molecule has 0 aromatic heterocycles. The lowest BCUT2D eigenvalue weighted by molar-refractivity contribution is 0.0578. The molecule has 0 bridgehead atoms. The van der Waals surface area contributed by atoms with Crippen molar-refractivity contribution in [3.63, 3.8) is 0 Å². The van der Waals surface area contributed by atoms with Gasteiger partial charge in [0.25, 0.3) is 0 Å². The molecule has 2 aromatic carbocycles. The number of urea groups is 1. The second kappa shape index (κ2) is 7.52. The first-order valence-corrected chi connectivity index (χ1v) is 9.14. The zero-order valence-corrected chi connectivity index (χ0v) is 14.9. The quantitative estimate of drug-likeness (QED) is 0.900. The third-order valence-corrected chi connectivity index (χ3v) is 5.22. The van der Waals surface area contributed by atoms with Gasteiger partial charge < -0.3 is 15.1 Å². The third-order valence-electron chi connectivity index (χ3n) is 5.22. The normalized spacial score (nSPS) is 18.3. The number of rotatable bonds is 3. The Morgan fingerprint density at radius 2 is 1.56 bits per heavy atom. The van der Waals surface area contributed by atoms with E-state index < -0.39 is 11.6 Å². The fourth-order valence-electron chi connectivity index (χ4n) is 3.66. The fraction of sp³-hybridized carbons (Fsp3) is 0.350. The standard InChI is InChI=1S/C20H22F2N4O/c21-15-10-16(22)12-17(11-15)23-20(27)26-13-19(14-26)25-8-6-24(7-9-25)18-4-2-1-3-5-18/h1-5,10-12,19H,6-9,13-14H2,(H,23,27). The van der Waals surface area contributed by atoms with Gasteiger partial charge in [-0.2, -0.15) is 0 Å². The summed E-state index contributed by atoms with van der Waals surface area (Å²) in [6, 6.07) is 13.4. The molecule has 0 aliphatic carbocycles. The van der Waals surface area contributed by atoms with Crippen LogP contribution in [0.4, 0.5) is 25.0 Å². The predicted octanol–water partition coefficient (Wildman–Crippen LogP) is 3.00. The van der Waals surface area contributed by atoms with E-state index in [0.717, 1.165) is 44.4 Å². The van der Waals surface area contributed by atoms with Gasteiger partial charge >= 0.3 is 6.03 Å². The molecule has 2 aromatic rings. The van der Waals surface area contributed by atoms with E-state index in [1.54, 1.807) is 4.90 Å². The van der Waals surface area contributed by atoms with Crippen LogP contribution in [0.2, 0.25) is 0 Å². The number of nitrogens with one attached hydrogen (secondary N) is 1. The van der Waals surface area contributed by atoms with Gasteiger partial charge in [0, 0.05) is 62.8 Å². The molecule has 2 heterocycles. The van der Waals surface area contributed by atoms with E-state index in [1.807, 2.05) is 6.07 Å². The number of carbonyl (C=O) groups excluding carboxylic acids is 1. The van der Waals surface area contributed by atoms with E-state index in [9.17, 15) is 13.6 Å². The Kier molecular flexibility index (Phi) is 4.94. The number of hydrogen-bond acceptors (Lipinski definition) is 3. The van der Waals surface area contributed by atoms with Gasteiger partial charge in [-0.3, -0.25) is 4.90 Å². The van der Waals surface area contributed by atoms with Crippen molar-refractivity contribution < 1.29 is 13.6 Å². The molecule has 7 heteroatoms. The number of para-hydroxylation sites is 1. The molecule has 4 rings (SSSR count). The summed E-state index contributed by atoms with van der Waals surface area (Å²) in [7, 11) is 0.